The molecule has 94 valence electrons. The van der Waals surface area contributed by atoms with Crippen molar-refractivity contribution >= 4 is 33.2 Å². The fourth-order valence-electron chi connectivity index (χ4n) is 2.39. The van der Waals surface area contributed by atoms with Crippen LogP contribution in [0.2, 0.25) is 5.02 Å². The van der Waals surface area contributed by atoms with Crippen LogP contribution in [0.5, 0.6) is 0 Å². The lowest BCUT2D eigenvalue weighted by atomic mass is 10.1. The van der Waals surface area contributed by atoms with Gasteiger partial charge in [-0.15, -0.1) is 0 Å². The molecular weight excluding hydrogens is 302 g/mol. The largest absolute Gasteiger partial charge is 0.376 e. The fraction of sp³-hybridized carbons (Fsp3) is 0.538. The normalized spacial score (nSPS) is 24.0. The highest BCUT2D eigenvalue weighted by Crippen LogP contribution is 2.30. The van der Waals surface area contributed by atoms with E-state index in [4.69, 9.17) is 16.3 Å². The maximum absolute atomic E-state index is 6.09. The van der Waals surface area contributed by atoms with Crippen LogP contribution in [-0.4, -0.2) is 25.8 Å². The third-order valence-corrected chi connectivity index (χ3v) is 4.24. The molecule has 0 aliphatic carbocycles. The lowest BCUT2D eigenvalue weighted by Gasteiger charge is -2.30. The smallest absolute Gasteiger partial charge is 0.0750 e. The Morgan fingerprint density at radius 1 is 1.53 bits per heavy atom. The minimum atomic E-state index is 0.280. The van der Waals surface area contributed by atoms with E-state index in [2.05, 4.69) is 40.9 Å². The summed E-state index contributed by atoms with van der Waals surface area (Å²) in [6, 6.07) is 6.47. The van der Waals surface area contributed by atoms with Crippen molar-refractivity contribution < 1.29 is 4.74 Å². The quantitative estimate of drug-likeness (QED) is 0.785. The molecule has 2 nitrogen and oxygen atoms in total. The number of halogens is 2. The number of ether oxygens (including phenoxy) is 1. The van der Waals surface area contributed by atoms with E-state index >= 15 is 0 Å². The first kappa shape index (κ1) is 13.2. The average Bonchev–Trinajstić information content (AvgIpc) is 2.74. The van der Waals surface area contributed by atoms with Gasteiger partial charge in [0.25, 0.3) is 0 Å². The molecule has 0 radical (unpaired) electrons. The van der Waals surface area contributed by atoms with Gasteiger partial charge in [0, 0.05) is 29.7 Å². The molecule has 1 fully saturated rings. The number of anilines is 1. The number of likely N-dealkylation sites (N-methyl/N-ethyl adjacent to an activating group) is 1. The first-order valence-electron chi connectivity index (χ1n) is 5.82. The summed E-state index contributed by atoms with van der Waals surface area (Å²) in [4.78, 5) is 2.29. The monoisotopic (exact) mass is 317 g/mol. The van der Waals surface area contributed by atoms with E-state index < -0.39 is 0 Å². The van der Waals surface area contributed by atoms with Crippen LogP contribution >= 0.6 is 27.5 Å². The molecule has 1 aliphatic rings. The highest BCUT2D eigenvalue weighted by atomic mass is 79.9. The highest BCUT2D eigenvalue weighted by molar-refractivity contribution is 9.08. The maximum atomic E-state index is 6.09. The topological polar surface area (TPSA) is 12.5 Å². The Balaban J connectivity index is 2.28. The lowest BCUT2D eigenvalue weighted by molar-refractivity contribution is 0.118. The van der Waals surface area contributed by atoms with E-state index in [-0.39, 0.29) is 6.10 Å². The van der Waals surface area contributed by atoms with Gasteiger partial charge in [0.2, 0.25) is 0 Å². The molecular formula is C13H17BrClNO. The van der Waals surface area contributed by atoms with Gasteiger partial charge in [-0.2, -0.15) is 0 Å². The van der Waals surface area contributed by atoms with Crippen LogP contribution in [-0.2, 0) is 10.1 Å². The lowest BCUT2D eigenvalue weighted by Crippen LogP contribution is -2.37. The van der Waals surface area contributed by atoms with Gasteiger partial charge in [0.1, 0.15) is 0 Å². The molecule has 1 aromatic rings. The Kier molecular flexibility index (Phi) is 4.34. The zero-order chi connectivity index (χ0) is 12.4. The van der Waals surface area contributed by atoms with E-state index in [0.29, 0.717) is 6.04 Å². The predicted octanol–water partition coefficient (Wildman–Crippen LogP) is 3.85. The van der Waals surface area contributed by atoms with Gasteiger partial charge >= 0.3 is 0 Å². The second-order valence-corrected chi connectivity index (χ2v) is 5.45. The molecule has 0 aromatic heterocycles. The van der Waals surface area contributed by atoms with Gasteiger partial charge < -0.3 is 9.64 Å². The van der Waals surface area contributed by atoms with Gasteiger partial charge in [-0.25, -0.2) is 0 Å². The molecule has 0 saturated carbocycles. The molecule has 0 amide bonds. The minimum Gasteiger partial charge on any atom is -0.376 e. The molecule has 0 N–H and O–H groups in total. The third-order valence-electron chi connectivity index (χ3n) is 3.40. The van der Waals surface area contributed by atoms with Crippen LogP contribution in [0.25, 0.3) is 0 Å². The molecule has 0 spiro atoms. The van der Waals surface area contributed by atoms with E-state index in [1.165, 1.54) is 11.3 Å². The molecule has 1 saturated heterocycles. The maximum Gasteiger partial charge on any atom is 0.0750 e. The van der Waals surface area contributed by atoms with E-state index in [1.54, 1.807) is 0 Å². The zero-order valence-electron chi connectivity index (χ0n) is 10.1. The summed E-state index contributed by atoms with van der Waals surface area (Å²) < 4.78 is 5.63. The van der Waals surface area contributed by atoms with Crippen molar-refractivity contribution in [3.8, 4) is 0 Å². The summed E-state index contributed by atoms with van der Waals surface area (Å²) in [5, 5.41) is 1.62. The zero-order valence-corrected chi connectivity index (χ0v) is 12.5. The summed E-state index contributed by atoms with van der Waals surface area (Å²) in [5.74, 6) is 0. The summed E-state index contributed by atoms with van der Waals surface area (Å²) in [6.45, 7) is 2.98. The van der Waals surface area contributed by atoms with E-state index in [9.17, 15) is 0 Å². The Bertz CT molecular complexity index is 399. The predicted molar refractivity (Wildman–Crippen MR) is 76.3 cm³/mol. The Morgan fingerprint density at radius 3 is 2.88 bits per heavy atom. The molecule has 1 aromatic carbocycles. The van der Waals surface area contributed by atoms with Crippen LogP contribution in [0, 0.1) is 0 Å². The molecule has 1 heterocycles. The van der Waals surface area contributed by atoms with Gasteiger partial charge in [0.05, 0.1) is 12.1 Å². The summed E-state index contributed by atoms with van der Waals surface area (Å²) >= 11 is 9.61. The molecule has 1 aliphatic heterocycles. The number of alkyl halides is 1. The van der Waals surface area contributed by atoms with Crippen molar-refractivity contribution in [3.05, 3.63) is 28.8 Å². The van der Waals surface area contributed by atoms with Crippen LogP contribution in [0.15, 0.2) is 18.2 Å². The second kappa shape index (κ2) is 5.59. The SMILES string of the molecule is CC1OCCC1N(C)c1cc(Cl)ccc1CBr. The van der Waals surface area contributed by atoms with Crippen LogP contribution in [0.1, 0.15) is 18.9 Å². The molecule has 4 heteroatoms. The van der Waals surface area contributed by atoms with Crippen molar-refractivity contribution in [2.45, 2.75) is 30.8 Å². The Labute approximate surface area is 116 Å². The van der Waals surface area contributed by atoms with Crippen molar-refractivity contribution in [2.75, 3.05) is 18.6 Å². The second-order valence-electron chi connectivity index (χ2n) is 4.45. The van der Waals surface area contributed by atoms with Crippen molar-refractivity contribution in [1.82, 2.24) is 0 Å². The molecule has 2 rings (SSSR count). The summed E-state index contributed by atoms with van der Waals surface area (Å²) in [7, 11) is 2.12. The molecule has 2 atom stereocenters. The van der Waals surface area contributed by atoms with Crippen molar-refractivity contribution in [1.29, 1.82) is 0 Å². The number of benzene rings is 1. The molecule has 17 heavy (non-hydrogen) atoms. The van der Waals surface area contributed by atoms with Crippen molar-refractivity contribution in [2.24, 2.45) is 0 Å². The van der Waals surface area contributed by atoms with Crippen LogP contribution < -0.4 is 4.90 Å². The Hall–Kier alpha value is -0.250. The summed E-state index contributed by atoms with van der Waals surface area (Å²) in [6.07, 6.45) is 1.36. The number of hydrogen-bond acceptors (Lipinski definition) is 2. The van der Waals surface area contributed by atoms with Gasteiger partial charge in [0.15, 0.2) is 0 Å². The standard InChI is InChI=1S/C13H17BrClNO/c1-9-12(5-6-17-9)16(2)13-7-11(15)4-3-10(13)8-14/h3-4,7,9,12H,5-6,8H2,1-2H3. The number of nitrogens with zero attached hydrogens (tertiary/aromatic N) is 1. The Morgan fingerprint density at radius 2 is 2.29 bits per heavy atom. The minimum absolute atomic E-state index is 0.280. The fourth-order valence-corrected chi connectivity index (χ4v) is 3.03. The summed E-state index contributed by atoms with van der Waals surface area (Å²) in [5.41, 5.74) is 2.45. The average molecular weight is 319 g/mol. The van der Waals surface area contributed by atoms with E-state index in [1.807, 2.05) is 12.1 Å². The van der Waals surface area contributed by atoms with Crippen molar-refractivity contribution in [3.63, 3.8) is 0 Å². The van der Waals surface area contributed by atoms with Crippen LogP contribution in [0.3, 0.4) is 0 Å². The first-order chi connectivity index (χ1) is 8.13. The highest BCUT2D eigenvalue weighted by Gasteiger charge is 2.28. The van der Waals surface area contributed by atoms with Gasteiger partial charge in [-0.05, 0) is 31.0 Å². The van der Waals surface area contributed by atoms with Crippen LogP contribution in [0.4, 0.5) is 5.69 Å². The third kappa shape index (κ3) is 2.78. The molecule has 0 bridgehead atoms. The van der Waals surface area contributed by atoms with E-state index in [0.717, 1.165) is 23.4 Å². The number of rotatable bonds is 3. The van der Waals surface area contributed by atoms with Gasteiger partial charge in [-0.3, -0.25) is 0 Å². The molecule has 2 unspecified atom stereocenters. The van der Waals surface area contributed by atoms with Gasteiger partial charge in [-0.1, -0.05) is 33.6 Å². The number of hydrogen-bond donors (Lipinski definition) is 0. The first-order valence-corrected chi connectivity index (χ1v) is 7.32.